The van der Waals surface area contributed by atoms with Crippen LogP contribution in [0.2, 0.25) is 0 Å². The molecule has 0 saturated carbocycles. The molecule has 0 aliphatic heterocycles. The van der Waals surface area contributed by atoms with E-state index in [2.05, 4.69) is 49.9 Å². The second-order valence-electron chi connectivity index (χ2n) is 13.0. The molecule has 0 fully saturated rings. The third kappa shape index (κ3) is 8.13. The number of ether oxygens (including phenoxy) is 2. The van der Waals surface area contributed by atoms with E-state index in [-0.39, 0.29) is 13.2 Å². The van der Waals surface area contributed by atoms with E-state index < -0.39 is 5.41 Å². The van der Waals surface area contributed by atoms with Gasteiger partial charge in [0.05, 0.1) is 44.3 Å². The van der Waals surface area contributed by atoms with Crippen molar-refractivity contribution in [3.05, 3.63) is 190 Å². The summed E-state index contributed by atoms with van der Waals surface area (Å²) in [5.74, 6) is 7.97. The number of aliphatic hydroxyl groups is 2. The minimum absolute atomic E-state index is 0.125. The monoisotopic (exact) mass is 698 g/mol. The second kappa shape index (κ2) is 16.8. The Hall–Kier alpha value is -6.26. The normalized spacial score (nSPS) is 10.8. The molecular weight excluding hydrogens is 657 g/mol. The molecule has 0 unspecified atom stereocenters. The predicted octanol–water partition coefficient (Wildman–Crippen LogP) is 9.88. The first kappa shape index (κ1) is 36.5. The van der Waals surface area contributed by atoms with Gasteiger partial charge in [0.15, 0.2) is 0 Å². The minimum Gasteiger partial charge on any atom is -0.496 e. The Labute approximate surface area is 311 Å². The van der Waals surface area contributed by atoms with Crippen molar-refractivity contribution in [1.29, 1.82) is 0 Å². The molecule has 0 aliphatic rings. The first-order valence-corrected chi connectivity index (χ1v) is 17.4. The largest absolute Gasteiger partial charge is 0.496 e. The highest BCUT2D eigenvalue weighted by Crippen LogP contribution is 2.39. The molecule has 0 aromatic heterocycles. The summed E-state index contributed by atoms with van der Waals surface area (Å²) in [6, 6.07) is 47.4. The van der Waals surface area contributed by atoms with Crippen LogP contribution in [0.25, 0.3) is 11.1 Å². The number of para-hydroxylation sites is 3. The van der Waals surface area contributed by atoms with Gasteiger partial charge in [-0.05, 0) is 81.5 Å². The quantitative estimate of drug-likeness (QED) is 0.125. The van der Waals surface area contributed by atoms with Gasteiger partial charge in [-0.2, -0.15) is 0 Å². The number of benzene rings is 6. The molecule has 6 rings (SSSR count). The van der Waals surface area contributed by atoms with Gasteiger partial charge in [-0.1, -0.05) is 123 Å². The van der Waals surface area contributed by atoms with E-state index in [9.17, 15) is 10.2 Å². The zero-order valence-electron chi connectivity index (χ0n) is 30.4. The van der Waals surface area contributed by atoms with E-state index in [0.29, 0.717) is 28.4 Å². The summed E-state index contributed by atoms with van der Waals surface area (Å²) >= 11 is 0. The molecule has 6 aromatic rings. The van der Waals surface area contributed by atoms with Gasteiger partial charge in [-0.25, -0.2) is 9.98 Å². The predicted molar refractivity (Wildman–Crippen MR) is 215 cm³/mol. The Balaban J connectivity index is 1.52. The Morgan fingerprint density at radius 3 is 1.62 bits per heavy atom. The Bertz CT molecular complexity index is 2170. The van der Waals surface area contributed by atoms with Crippen LogP contribution >= 0.6 is 0 Å². The van der Waals surface area contributed by atoms with Gasteiger partial charge in [-0.15, -0.1) is 0 Å². The summed E-state index contributed by atoms with van der Waals surface area (Å²) in [6.45, 7) is 4.09. The van der Waals surface area contributed by atoms with Crippen LogP contribution in [0.3, 0.4) is 0 Å². The van der Waals surface area contributed by atoms with Crippen molar-refractivity contribution in [2.24, 2.45) is 9.98 Å². The molecule has 53 heavy (non-hydrogen) atoms. The smallest absolute Gasteiger partial charge is 0.145 e. The van der Waals surface area contributed by atoms with Gasteiger partial charge in [0.25, 0.3) is 0 Å². The topological polar surface area (TPSA) is 83.6 Å². The SMILES string of the molecule is COc1ccccc1N=C=C(c1ccccc1)c1cc(C(C)(C)c2ccc(OC)c(C(=C=Nc3ccccc3CO)c3ccccc3)c2)ccc1CO. The molecule has 6 heteroatoms. The molecule has 0 saturated heterocycles. The van der Waals surface area contributed by atoms with E-state index in [1.54, 1.807) is 14.2 Å². The molecule has 0 bridgehead atoms. The summed E-state index contributed by atoms with van der Waals surface area (Å²) < 4.78 is 11.5. The van der Waals surface area contributed by atoms with Crippen molar-refractivity contribution in [3.8, 4) is 11.5 Å². The molecule has 0 aliphatic carbocycles. The van der Waals surface area contributed by atoms with Crippen LogP contribution in [0.4, 0.5) is 11.4 Å². The van der Waals surface area contributed by atoms with Gasteiger partial charge >= 0.3 is 0 Å². The van der Waals surface area contributed by atoms with Crippen molar-refractivity contribution >= 4 is 34.3 Å². The number of methoxy groups -OCH3 is 2. The molecular formula is C47H42N2O4. The van der Waals surface area contributed by atoms with Crippen LogP contribution in [-0.2, 0) is 18.6 Å². The Kier molecular flexibility index (Phi) is 11.6. The lowest BCUT2D eigenvalue weighted by atomic mass is 9.75. The Morgan fingerprint density at radius 2 is 1.02 bits per heavy atom. The number of aliphatic hydroxyl groups excluding tert-OH is 2. The van der Waals surface area contributed by atoms with E-state index >= 15 is 0 Å². The third-order valence-corrected chi connectivity index (χ3v) is 9.41. The lowest BCUT2D eigenvalue weighted by molar-refractivity contribution is 0.281. The molecule has 0 atom stereocenters. The zero-order valence-corrected chi connectivity index (χ0v) is 30.4. The Morgan fingerprint density at radius 1 is 0.528 bits per heavy atom. The maximum absolute atomic E-state index is 10.6. The van der Waals surface area contributed by atoms with Crippen LogP contribution in [0.1, 0.15) is 58.4 Å². The number of rotatable bonds is 12. The molecule has 0 radical (unpaired) electrons. The molecule has 6 nitrogen and oxygen atoms in total. The van der Waals surface area contributed by atoms with E-state index in [0.717, 1.165) is 50.1 Å². The van der Waals surface area contributed by atoms with Crippen molar-refractivity contribution in [3.63, 3.8) is 0 Å². The van der Waals surface area contributed by atoms with Gasteiger partial charge in [-0.3, -0.25) is 0 Å². The molecule has 0 heterocycles. The van der Waals surface area contributed by atoms with E-state index in [4.69, 9.17) is 19.5 Å². The first-order valence-electron chi connectivity index (χ1n) is 17.4. The molecule has 0 amide bonds. The van der Waals surface area contributed by atoms with Crippen LogP contribution < -0.4 is 9.47 Å². The fourth-order valence-corrected chi connectivity index (χ4v) is 6.27. The number of hydrogen-bond acceptors (Lipinski definition) is 6. The summed E-state index contributed by atoms with van der Waals surface area (Å²) in [6.07, 6.45) is 0. The van der Waals surface area contributed by atoms with Crippen molar-refractivity contribution in [1.82, 2.24) is 0 Å². The maximum atomic E-state index is 10.6. The second-order valence-corrected chi connectivity index (χ2v) is 13.0. The molecule has 6 aromatic carbocycles. The minimum atomic E-state index is -0.506. The lowest BCUT2D eigenvalue weighted by Gasteiger charge is -2.28. The van der Waals surface area contributed by atoms with Crippen LogP contribution in [0.15, 0.2) is 156 Å². The standard InChI is InChI=1S/C47H42N2O4/c1-47(2,37-24-23-35(31-50)39(27-37)41(33-15-7-5-8-16-33)29-49-44-21-13-14-22-46(44)53-4)38-25-26-45(52-3)40(28-38)42(34-17-9-6-10-18-34)30-48-43-20-12-11-19-36(43)32-51/h5-28,50-51H,31-32H2,1-4H3. The summed E-state index contributed by atoms with van der Waals surface area (Å²) in [5, 5.41) is 20.5. The number of aliphatic imine (C=N–C) groups is 2. The van der Waals surface area contributed by atoms with E-state index in [1.807, 2.05) is 121 Å². The highest BCUT2D eigenvalue weighted by Gasteiger charge is 2.27. The van der Waals surface area contributed by atoms with Crippen LogP contribution in [0, 0.1) is 0 Å². The maximum Gasteiger partial charge on any atom is 0.145 e. The van der Waals surface area contributed by atoms with Gasteiger partial charge < -0.3 is 19.7 Å². The number of hydrogen-bond donors (Lipinski definition) is 2. The van der Waals surface area contributed by atoms with Crippen LogP contribution in [0.5, 0.6) is 11.5 Å². The highest BCUT2D eigenvalue weighted by atomic mass is 16.5. The fourth-order valence-electron chi connectivity index (χ4n) is 6.27. The fraction of sp³-hybridized carbons (Fsp3) is 0.149. The zero-order chi connectivity index (χ0) is 37.2. The summed E-state index contributed by atoms with van der Waals surface area (Å²) in [5.41, 5.74) is 9.35. The molecule has 2 N–H and O–H groups in total. The van der Waals surface area contributed by atoms with Crippen molar-refractivity contribution < 1.29 is 19.7 Å². The van der Waals surface area contributed by atoms with Crippen molar-refractivity contribution in [2.45, 2.75) is 32.5 Å². The van der Waals surface area contributed by atoms with Gasteiger partial charge in [0.2, 0.25) is 0 Å². The molecule has 0 spiro atoms. The third-order valence-electron chi connectivity index (χ3n) is 9.41. The number of nitrogens with zero attached hydrogens (tertiary/aromatic N) is 2. The summed E-state index contributed by atoms with van der Waals surface area (Å²) in [7, 11) is 3.28. The van der Waals surface area contributed by atoms with Crippen LogP contribution in [-0.4, -0.2) is 36.2 Å². The lowest BCUT2D eigenvalue weighted by Crippen LogP contribution is -2.20. The molecule has 264 valence electrons. The van der Waals surface area contributed by atoms with Gasteiger partial charge in [0.1, 0.15) is 17.2 Å². The van der Waals surface area contributed by atoms with Crippen molar-refractivity contribution in [2.75, 3.05) is 14.2 Å². The van der Waals surface area contributed by atoms with Gasteiger partial charge in [0, 0.05) is 16.5 Å². The average Bonchev–Trinajstić information content (AvgIpc) is 3.22. The summed E-state index contributed by atoms with van der Waals surface area (Å²) in [4.78, 5) is 9.48. The van der Waals surface area contributed by atoms with E-state index in [1.165, 1.54) is 0 Å². The highest BCUT2D eigenvalue weighted by molar-refractivity contribution is 6.02. The average molecular weight is 699 g/mol. The first-order chi connectivity index (χ1) is 25.9.